The van der Waals surface area contributed by atoms with Crippen molar-refractivity contribution >= 4 is 31.3 Å². The van der Waals surface area contributed by atoms with Gasteiger partial charge in [-0.05, 0) is 34.5 Å². The van der Waals surface area contributed by atoms with Crippen molar-refractivity contribution in [1.29, 1.82) is 0 Å². The van der Waals surface area contributed by atoms with Gasteiger partial charge in [-0.25, -0.2) is 8.42 Å². The van der Waals surface area contributed by atoms with Gasteiger partial charge in [-0.15, -0.1) is 11.3 Å². The molecule has 4 heteroatoms. The van der Waals surface area contributed by atoms with Gasteiger partial charge < -0.3 is 0 Å². The molecule has 0 aliphatic rings. The summed E-state index contributed by atoms with van der Waals surface area (Å²) in [6.07, 6.45) is 0. The minimum absolute atomic E-state index is 0.0566. The average molecular weight is 288 g/mol. The molecule has 0 atom stereocenters. The molecule has 3 aromatic rings. The van der Waals surface area contributed by atoms with Crippen LogP contribution in [0, 0.1) is 0 Å². The Labute approximate surface area is 116 Å². The highest BCUT2D eigenvalue weighted by atomic mass is 32.2. The van der Waals surface area contributed by atoms with E-state index in [1.165, 1.54) is 0 Å². The first-order valence-electron chi connectivity index (χ1n) is 5.90. The van der Waals surface area contributed by atoms with Crippen LogP contribution in [-0.4, -0.2) is 8.42 Å². The van der Waals surface area contributed by atoms with Crippen molar-refractivity contribution in [2.24, 2.45) is 0 Å². The van der Waals surface area contributed by atoms with Gasteiger partial charge >= 0.3 is 0 Å². The number of sulfone groups is 1. The highest BCUT2D eigenvalue weighted by Gasteiger charge is 2.17. The van der Waals surface area contributed by atoms with Crippen LogP contribution in [0.2, 0.25) is 0 Å². The highest BCUT2D eigenvalue weighted by Crippen LogP contribution is 2.28. The van der Waals surface area contributed by atoms with Gasteiger partial charge in [-0.1, -0.05) is 36.4 Å². The van der Waals surface area contributed by atoms with Crippen LogP contribution < -0.4 is 0 Å². The van der Waals surface area contributed by atoms with Gasteiger partial charge in [-0.2, -0.15) is 0 Å². The number of benzene rings is 2. The van der Waals surface area contributed by atoms with E-state index in [2.05, 4.69) is 0 Å². The van der Waals surface area contributed by atoms with Crippen molar-refractivity contribution in [2.75, 3.05) is 0 Å². The summed E-state index contributed by atoms with van der Waals surface area (Å²) in [6, 6.07) is 16.5. The molecule has 3 rings (SSSR count). The highest BCUT2D eigenvalue weighted by molar-refractivity contribution is 7.90. The molecule has 0 aliphatic heterocycles. The SMILES string of the molecule is O=S(=O)(Cc1csc2ccccc12)c1ccccc1. The zero-order chi connectivity index (χ0) is 13.3. The molecule has 0 fully saturated rings. The number of rotatable bonds is 3. The van der Waals surface area contributed by atoms with Crippen molar-refractivity contribution < 1.29 is 8.42 Å². The second-order valence-electron chi connectivity index (χ2n) is 4.33. The predicted octanol–water partition coefficient (Wildman–Crippen LogP) is 3.88. The third-order valence-corrected chi connectivity index (χ3v) is 5.70. The Morgan fingerprint density at radius 3 is 2.37 bits per heavy atom. The summed E-state index contributed by atoms with van der Waals surface area (Å²) in [7, 11) is -3.27. The topological polar surface area (TPSA) is 34.1 Å². The standard InChI is InChI=1S/C15H12O2S2/c16-19(17,13-6-2-1-3-7-13)11-12-10-18-15-9-5-4-8-14(12)15/h1-10H,11H2. The summed E-state index contributed by atoms with van der Waals surface area (Å²) in [5.41, 5.74) is 0.879. The van der Waals surface area contributed by atoms with Crippen LogP contribution in [0.1, 0.15) is 5.56 Å². The van der Waals surface area contributed by atoms with E-state index < -0.39 is 9.84 Å². The molecule has 2 aromatic carbocycles. The van der Waals surface area contributed by atoms with E-state index in [0.29, 0.717) is 4.90 Å². The molecular formula is C15H12O2S2. The first-order chi connectivity index (χ1) is 9.17. The van der Waals surface area contributed by atoms with Crippen molar-refractivity contribution in [3.05, 3.63) is 65.5 Å². The van der Waals surface area contributed by atoms with Crippen molar-refractivity contribution in [3.63, 3.8) is 0 Å². The van der Waals surface area contributed by atoms with Crippen LogP contribution in [-0.2, 0) is 15.6 Å². The number of hydrogen-bond donors (Lipinski definition) is 0. The maximum atomic E-state index is 12.3. The molecule has 0 saturated carbocycles. The van der Waals surface area contributed by atoms with Gasteiger partial charge in [0.05, 0.1) is 10.6 Å². The van der Waals surface area contributed by atoms with Gasteiger partial charge in [0.2, 0.25) is 0 Å². The predicted molar refractivity (Wildman–Crippen MR) is 79.2 cm³/mol. The molecule has 0 radical (unpaired) electrons. The molecule has 0 amide bonds. The second-order valence-corrected chi connectivity index (χ2v) is 7.23. The minimum Gasteiger partial charge on any atom is -0.223 e. The molecule has 2 nitrogen and oxygen atoms in total. The van der Waals surface area contributed by atoms with Crippen LogP contribution in [0.5, 0.6) is 0 Å². The number of thiophene rings is 1. The zero-order valence-corrected chi connectivity index (χ0v) is 11.7. The Hall–Kier alpha value is -1.65. The largest absolute Gasteiger partial charge is 0.223 e. The Morgan fingerprint density at radius 1 is 0.895 bits per heavy atom. The number of hydrogen-bond acceptors (Lipinski definition) is 3. The van der Waals surface area contributed by atoms with Crippen LogP contribution in [0.25, 0.3) is 10.1 Å². The molecule has 0 aliphatic carbocycles. The summed E-state index contributed by atoms with van der Waals surface area (Å²) in [6.45, 7) is 0. The second kappa shape index (κ2) is 4.79. The van der Waals surface area contributed by atoms with Crippen molar-refractivity contribution in [2.45, 2.75) is 10.6 Å². The summed E-state index contributed by atoms with van der Waals surface area (Å²) in [5.74, 6) is 0.0566. The molecule has 0 unspecified atom stereocenters. The Balaban J connectivity index is 2.02. The van der Waals surface area contributed by atoms with E-state index in [0.717, 1.165) is 15.6 Å². The maximum Gasteiger partial charge on any atom is 0.182 e. The molecule has 1 heterocycles. The van der Waals surface area contributed by atoms with E-state index >= 15 is 0 Å². The molecule has 0 spiro atoms. The fourth-order valence-electron chi connectivity index (χ4n) is 2.06. The fraction of sp³-hybridized carbons (Fsp3) is 0.0667. The van der Waals surface area contributed by atoms with Gasteiger partial charge in [-0.3, -0.25) is 0 Å². The molecular weight excluding hydrogens is 276 g/mol. The molecule has 1 aromatic heterocycles. The fourth-order valence-corrected chi connectivity index (χ4v) is 4.52. The molecule has 0 saturated heterocycles. The van der Waals surface area contributed by atoms with Crippen molar-refractivity contribution in [3.8, 4) is 0 Å². The summed E-state index contributed by atoms with van der Waals surface area (Å²) < 4.78 is 25.8. The smallest absolute Gasteiger partial charge is 0.182 e. The van der Waals surface area contributed by atoms with Crippen LogP contribution in [0.3, 0.4) is 0 Å². The quantitative estimate of drug-likeness (QED) is 0.733. The Morgan fingerprint density at radius 2 is 1.58 bits per heavy atom. The van der Waals surface area contributed by atoms with Gasteiger partial charge in [0.25, 0.3) is 0 Å². The lowest BCUT2D eigenvalue weighted by molar-refractivity contribution is 0.595. The third kappa shape index (κ3) is 2.41. The van der Waals surface area contributed by atoms with Gasteiger partial charge in [0.1, 0.15) is 0 Å². The summed E-state index contributed by atoms with van der Waals surface area (Å²) in [5, 5.41) is 2.97. The molecule has 96 valence electrons. The van der Waals surface area contributed by atoms with Crippen LogP contribution in [0.4, 0.5) is 0 Å². The van der Waals surface area contributed by atoms with E-state index in [1.807, 2.05) is 35.7 Å². The monoisotopic (exact) mass is 288 g/mol. The minimum atomic E-state index is -3.27. The Kier molecular flexibility index (Phi) is 3.12. The van der Waals surface area contributed by atoms with Crippen molar-refractivity contribution in [1.82, 2.24) is 0 Å². The lowest BCUT2D eigenvalue weighted by atomic mass is 10.2. The molecule has 19 heavy (non-hydrogen) atoms. The van der Waals surface area contributed by atoms with E-state index in [1.54, 1.807) is 35.6 Å². The van der Waals surface area contributed by atoms with Crippen LogP contribution in [0.15, 0.2) is 64.9 Å². The van der Waals surface area contributed by atoms with Gasteiger partial charge in [0.15, 0.2) is 9.84 Å². The van der Waals surface area contributed by atoms with E-state index in [-0.39, 0.29) is 5.75 Å². The lowest BCUT2D eigenvalue weighted by Gasteiger charge is -2.03. The average Bonchev–Trinajstić information content (AvgIpc) is 2.83. The van der Waals surface area contributed by atoms with E-state index in [9.17, 15) is 8.42 Å². The maximum absolute atomic E-state index is 12.3. The third-order valence-electron chi connectivity index (χ3n) is 3.01. The lowest BCUT2D eigenvalue weighted by Crippen LogP contribution is -2.04. The normalized spacial score (nSPS) is 11.8. The summed E-state index contributed by atoms with van der Waals surface area (Å²) in [4.78, 5) is 0.380. The zero-order valence-electron chi connectivity index (χ0n) is 10.1. The number of fused-ring (bicyclic) bond motifs is 1. The van der Waals surface area contributed by atoms with E-state index in [4.69, 9.17) is 0 Å². The Bertz CT molecular complexity index is 802. The van der Waals surface area contributed by atoms with Gasteiger partial charge in [0, 0.05) is 4.70 Å². The first-order valence-corrected chi connectivity index (χ1v) is 8.43. The molecule has 0 bridgehead atoms. The first kappa shape index (κ1) is 12.4. The summed E-state index contributed by atoms with van der Waals surface area (Å²) >= 11 is 1.59. The van der Waals surface area contributed by atoms with Crippen LogP contribution >= 0.6 is 11.3 Å². The molecule has 0 N–H and O–H groups in total.